The van der Waals surface area contributed by atoms with Crippen LogP contribution in [0, 0.1) is 0 Å². The SMILES string of the molecule is CC(C)(C)c1cc(=O)n2c(n1)SCC2CC(=O)NC1CC1. The molecular weight excluding hydrogens is 286 g/mol. The molecule has 3 rings (SSSR count). The molecule has 5 nitrogen and oxygen atoms in total. The summed E-state index contributed by atoms with van der Waals surface area (Å²) in [7, 11) is 0. The molecule has 0 aromatic carbocycles. The Kier molecular flexibility index (Phi) is 3.59. The van der Waals surface area contributed by atoms with Crippen LogP contribution in [-0.2, 0) is 10.2 Å². The Labute approximate surface area is 128 Å². The molecule has 1 aliphatic carbocycles. The van der Waals surface area contributed by atoms with Crippen LogP contribution < -0.4 is 10.9 Å². The van der Waals surface area contributed by atoms with Crippen molar-refractivity contribution in [2.75, 3.05) is 5.75 Å². The van der Waals surface area contributed by atoms with Gasteiger partial charge in [0.25, 0.3) is 5.56 Å². The Morgan fingerprint density at radius 1 is 1.48 bits per heavy atom. The summed E-state index contributed by atoms with van der Waals surface area (Å²) in [6.45, 7) is 6.14. The smallest absolute Gasteiger partial charge is 0.254 e. The van der Waals surface area contributed by atoms with E-state index in [0.717, 1.165) is 29.4 Å². The van der Waals surface area contributed by atoms with Gasteiger partial charge in [-0.05, 0) is 12.8 Å². The summed E-state index contributed by atoms with van der Waals surface area (Å²) in [6, 6.07) is 1.91. The molecule has 1 atom stereocenters. The summed E-state index contributed by atoms with van der Waals surface area (Å²) in [5, 5.41) is 3.73. The summed E-state index contributed by atoms with van der Waals surface area (Å²) in [5.74, 6) is 0.788. The Morgan fingerprint density at radius 2 is 2.19 bits per heavy atom. The largest absolute Gasteiger partial charge is 0.353 e. The number of thioether (sulfide) groups is 1. The molecule has 1 fully saturated rings. The van der Waals surface area contributed by atoms with E-state index in [1.807, 2.05) is 20.8 Å². The Hall–Kier alpha value is -1.30. The van der Waals surface area contributed by atoms with E-state index < -0.39 is 0 Å². The molecule has 0 saturated heterocycles. The number of nitrogens with one attached hydrogen (secondary N) is 1. The molecule has 0 spiro atoms. The van der Waals surface area contributed by atoms with E-state index in [-0.39, 0.29) is 22.9 Å². The summed E-state index contributed by atoms with van der Waals surface area (Å²) in [4.78, 5) is 28.9. The van der Waals surface area contributed by atoms with E-state index in [1.165, 1.54) is 0 Å². The fourth-order valence-corrected chi connectivity index (χ4v) is 3.57. The first-order chi connectivity index (χ1) is 9.84. The van der Waals surface area contributed by atoms with E-state index in [2.05, 4.69) is 10.3 Å². The van der Waals surface area contributed by atoms with Crippen LogP contribution in [0.5, 0.6) is 0 Å². The number of hydrogen-bond donors (Lipinski definition) is 1. The van der Waals surface area contributed by atoms with Crippen molar-refractivity contribution in [3.05, 3.63) is 22.1 Å². The van der Waals surface area contributed by atoms with Gasteiger partial charge in [0.2, 0.25) is 5.91 Å². The van der Waals surface area contributed by atoms with E-state index in [0.29, 0.717) is 12.5 Å². The molecule has 2 heterocycles. The molecule has 2 aliphatic rings. The third-order valence-corrected chi connectivity index (χ3v) is 4.92. The van der Waals surface area contributed by atoms with E-state index in [4.69, 9.17) is 0 Å². The minimum Gasteiger partial charge on any atom is -0.353 e. The van der Waals surface area contributed by atoms with Crippen molar-refractivity contribution in [1.82, 2.24) is 14.9 Å². The summed E-state index contributed by atoms with van der Waals surface area (Å²) < 4.78 is 1.69. The van der Waals surface area contributed by atoms with Crippen molar-refractivity contribution < 1.29 is 4.79 Å². The van der Waals surface area contributed by atoms with Crippen LogP contribution in [-0.4, -0.2) is 27.3 Å². The first-order valence-electron chi connectivity index (χ1n) is 7.41. The predicted molar refractivity (Wildman–Crippen MR) is 82.7 cm³/mol. The second-order valence-electron chi connectivity index (χ2n) is 6.89. The van der Waals surface area contributed by atoms with Crippen LogP contribution in [0.2, 0.25) is 0 Å². The highest BCUT2D eigenvalue weighted by atomic mass is 32.2. The topological polar surface area (TPSA) is 64.0 Å². The first kappa shape index (κ1) is 14.6. The third kappa shape index (κ3) is 3.15. The van der Waals surface area contributed by atoms with Gasteiger partial charge in [-0.2, -0.15) is 0 Å². The van der Waals surface area contributed by atoms with Gasteiger partial charge in [0.1, 0.15) is 0 Å². The second-order valence-corrected chi connectivity index (χ2v) is 7.88. The summed E-state index contributed by atoms with van der Waals surface area (Å²) >= 11 is 1.57. The average Bonchev–Trinajstić information content (AvgIpc) is 3.08. The van der Waals surface area contributed by atoms with E-state index in [1.54, 1.807) is 22.4 Å². The highest BCUT2D eigenvalue weighted by Crippen LogP contribution is 2.33. The second kappa shape index (κ2) is 5.16. The lowest BCUT2D eigenvalue weighted by Gasteiger charge is -2.19. The molecule has 1 saturated carbocycles. The quantitative estimate of drug-likeness (QED) is 0.866. The van der Waals surface area contributed by atoms with Crippen LogP contribution in [0.1, 0.15) is 51.8 Å². The monoisotopic (exact) mass is 307 g/mol. The maximum Gasteiger partial charge on any atom is 0.254 e. The number of aromatic nitrogens is 2. The number of carbonyl (C=O) groups excluding carboxylic acids is 1. The Morgan fingerprint density at radius 3 is 2.81 bits per heavy atom. The molecule has 1 aromatic heterocycles. The standard InChI is InChI=1S/C15H21N3O2S/c1-15(2,3)11-7-13(20)18-10(8-21-14(18)17-11)6-12(19)16-9-4-5-9/h7,9-10H,4-6,8H2,1-3H3,(H,16,19). The number of rotatable bonds is 3. The van der Waals surface area contributed by atoms with Gasteiger partial charge in [-0.25, -0.2) is 4.98 Å². The molecule has 1 unspecified atom stereocenters. The first-order valence-corrected chi connectivity index (χ1v) is 8.39. The lowest BCUT2D eigenvalue weighted by atomic mass is 9.92. The molecule has 0 bridgehead atoms. The van der Waals surface area contributed by atoms with Crippen molar-refractivity contribution in [3.63, 3.8) is 0 Å². The molecule has 1 amide bonds. The average molecular weight is 307 g/mol. The zero-order valence-electron chi connectivity index (χ0n) is 12.7. The molecule has 21 heavy (non-hydrogen) atoms. The molecule has 1 N–H and O–H groups in total. The van der Waals surface area contributed by atoms with Crippen molar-refractivity contribution in [1.29, 1.82) is 0 Å². The zero-order chi connectivity index (χ0) is 15.2. The molecule has 1 aliphatic heterocycles. The predicted octanol–water partition coefficient (Wildman–Crippen LogP) is 1.86. The van der Waals surface area contributed by atoms with Crippen LogP contribution in [0.25, 0.3) is 0 Å². The molecule has 1 aromatic rings. The number of hydrogen-bond acceptors (Lipinski definition) is 4. The zero-order valence-corrected chi connectivity index (χ0v) is 13.5. The van der Waals surface area contributed by atoms with Gasteiger partial charge in [0, 0.05) is 29.7 Å². The van der Waals surface area contributed by atoms with Gasteiger partial charge in [0.15, 0.2) is 5.16 Å². The van der Waals surface area contributed by atoms with Crippen LogP contribution >= 0.6 is 11.8 Å². The fraction of sp³-hybridized carbons (Fsp3) is 0.667. The number of nitrogens with zero attached hydrogens (tertiary/aromatic N) is 2. The van der Waals surface area contributed by atoms with Gasteiger partial charge in [-0.1, -0.05) is 32.5 Å². The Bertz CT molecular complexity index is 629. The van der Waals surface area contributed by atoms with Crippen molar-refractivity contribution in [2.24, 2.45) is 0 Å². The number of carbonyl (C=O) groups is 1. The minimum absolute atomic E-state index is 0.0425. The highest BCUT2D eigenvalue weighted by Gasteiger charge is 2.31. The molecular formula is C15H21N3O2S. The minimum atomic E-state index is -0.142. The van der Waals surface area contributed by atoms with Gasteiger partial charge in [-0.3, -0.25) is 14.2 Å². The number of amides is 1. The lowest BCUT2D eigenvalue weighted by molar-refractivity contribution is -0.121. The van der Waals surface area contributed by atoms with Crippen molar-refractivity contribution in [2.45, 2.75) is 62.7 Å². The molecule has 0 radical (unpaired) electrons. The highest BCUT2D eigenvalue weighted by molar-refractivity contribution is 7.99. The fourth-order valence-electron chi connectivity index (χ4n) is 2.42. The number of fused-ring (bicyclic) bond motifs is 1. The van der Waals surface area contributed by atoms with Crippen LogP contribution in [0.4, 0.5) is 0 Å². The third-order valence-electron chi connectivity index (χ3n) is 3.82. The van der Waals surface area contributed by atoms with Gasteiger partial charge in [-0.15, -0.1) is 0 Å². The van der Waals surface area contributed by atoms with E-state index >= 15 is 0 Å². The van der Waals surface area contributed by atoms with Gasteiger partial charge in [0.05, 0.1) is 11.7 Å². The Balaban J connectivity index is 1.81. The van der Waals surface area contributed by atoms with Gasteiger partial charge < -0.3 is 5.32 Å². The normalized spacial score (nSPS) is 21.2. The van der Waals surface area contributed by atoms with E-state index in [9.17, 15) is 9.59 Å². The summed E-state index contributed by atoms with van der Waals surface area (Å²) in [6.07, 6.45) is 2.53. The molecule has 6 heteroatoms. The maximum absolute atomic E-state index is 12.4. The maximum atomic E-state index is 12.4. The van der Waals surface area contributed by atoms with Crippen LogP contribution in [0.3, 0.4) is 0 Å². The van der Waals surface area contributed by atoms with Crippen molar-refractivity contribution >= 4 is 17.7 Å². The van der Waals surface area contributed by atoms with Crippen LogP contribution in [0.15, 0.2) is 16.0 Å². The summed E-state index contributed by atoms with van der Waals surface area (Å²) in [5.41, 5.74) is 0.630. The van der Waals surface area contributed by atoms with Crippen molar-refractivity contribution in [3.8, 4) is 0 Å². The molecule has 114 valence electrons. The lowest BCUT2D eigenvalue weighted by Crippen LogP contribution is -2.32. The van der Waals surface area contributed by atoms with Gasteiger partial charge >= 0.3 is 0 Å².